The highest BCUT2D eigenvalue weighted by atomic mass is 35.5. The third-order valence-corrected chi connectivity index (χ3v) is 5.56. The van der Waals surface area contributed by atoms with E-state index in [0.29, 0.717) is 16.3 Å². The zero-order valence-electron chi connectivity index (χ0n) is 20.9. The van der Waals surface area contributed by atoms with Gasteiger partial charge in [0.2, 0.25) is 5.91 Å². The van der Waals surface area contributed by atoms with Crippen molar-refractivity contribution in [2.45, 2.75) is 66.2 Å². The van der Waals surface area contributed by atoms with E-state index in [0.717, 1.165) is 11.1 Å². The third-order valence-electron chi connectivity index (χ3n) is 5.24. The summed E-state index contributed by atoms with van der Waals surface area (Å²) in [5.74, 6) is -0.808. The lowest BCUT2D eigenvalue weighted by molar-refractivity contribution is -0.140. The molecule has 0 aliphatic carbocycles. The summed E-state index contributed by atoms with van der Waals surface area (Å²) in [5, 5.41) is 5.89. The first-order valence-corrected chi connectivity index (χ1v) is 11.6. The first kappa shape index (κ1) is 27.2. The van der Waals surface area contributed by atoms with Crippen molar-refractivity contribution in [1.82, 2.24) is 10.2 Å². The summed E-state index contributed by atoms with van der Waals surface area (Å²) in [7, 11) is 0. The second-order valence-electron chi connectivity index (χ2n) is 9.17. The number of benzene rings is 2. The van der Waals surface area contributed by atoms with E-state index in [9.17, 15) is 14.4 Å². The molecule has 2 rings (SSSR count). The minimum Gasteiger partial charge on any atom is -0.444 e. The lowest BCUT2D eigenvalue weighted by Gasteiger charge is -2.33. The van der Waals surface area contributed by atoms with Crippen LogP contribution >= 0.6 is 11.6 Å². The van der Waals surface area contributed by atoms with Crippen LogP contribution in [0.3, 0.4) is 0 Å². The number of carbonyl (C=O) groups excluding carboxylic acids is 3. The molecule has 0 spiro atoms. The molecule has 0 saturated heterocycles. The highest BCUT2D eigenvalue weighted by Crippen LogP contribution is 2.30. The number of nitrogens with zero attached hydrogens (tertiary/aromatic N) is 1. The lowest BCUT2D eigenvalue weighted by atomic mass is 9.98. The Labute approximate surface area is 206 Å². The van der Waals surface area contributed by atoms with Gasteiger partial charge in [-0.25, -0.2) is 4.79 Å². The van der Waals surface area contributed by atoms with Gasteiger partial charge in [-0.15, -0.1) is 0 Å². The Kier molecular flexibility index (Phi) is 9.10. The van der Waals surface area contributed by atoms with Gasteiger partial charge in [-0.2, -0.15) is 0 Å². The molecule has 184 valence electrons. The third kappa shape index (κ3) is 6.97. The lowest BCUT2D eigenvalue weighted by Crippen LogP contribution is -2.51. The monoisotopic (exact) mass is 487 g/mol. The summed E-state index contributed by atoms with van der Waals surface area (Å²) >= 11 is 6.34. The molecule has 2 unspecified atom stereocenters. The number of carbonyl (C=O) groups is 3. The fraction of sp³-hybridized carbons (Fsp3) is 0.423. The van der Waals surface area contributed by atoms with Crippen LogP contribution in [0.1, 0.15) is 57.4 Å². The van der Waals surface area contributed by atoms with Crippen molar-refractivity contribution in [3.8, 4) is 0 Å². The fourth-order valence-electron chi connectivity index (χ4n) is 3.59. The molecule has 2 atom stereocenters. The fourth-order valence-corrected chi connectivity index (χ4v) is 3.86. The number of anilines is 1. The topological polar surface area (TPSA) is 87.7 Å². The first-order chi connectivity index (χ1) is 15.9. The molecule has 0 aromatic heterocycles. The molecule has 0 saturated carbocycles. The molecule has 3 amide bonds. The van der Waals surface area contributed by atoms with Gasteiger partial charge in [0.25, 0.3) is 5.91 Å². The number of nitrogens with one attached hydrogen (secondary N) is 2. The number of aryl methyl sites for hydroxylation is 2. The van der Waals surface area contributed by atoms with Gasteiger partial charge in [-0.1, -0.05) is 48.0 Å². The molecular formula is C26H34ClN3O4. The second-order valence-corrected chi connectivity index (χ2v) is 9.58. The molecule has 2 aromatic carbocycles. The van der Waals surface area contributed by atoms with Gasteiger partial charge in [0.15, 0.2) is 0 Å². The highest BCUT2D eigenvalue weighted by molar-refractivity contribution is 6.34. The van der Waals surface area contributed by atoms with Crippen molar-refractivity contribution in [1.29, 1.82) is 0 Å². The average Bonchev–Trinajstić information content (AvgIpc) is 2.73. The van der Waals surface area contributed by atoms with Gasteiger partial charge in [-0.3, -0.25) is 9.59 Å². The maximum absolute atomic E-state index is 13.6. The van der Waals surface area contributed by atoms with Crippen LogP contribution in [0, 0.1) is 13.8 Å². The minimum absolute atomic E-state index is 0.243. The van der Waals surface area contributed by atoms with Crippen molar-refractivity contribution in [2.24, 2.45) is 0 Å². The standard InChI is InChI=1S/C26H34ClN3O4/c1-8-30(24(32)18(4)28-25(33)34-26(5,6)7)22(19-14-10-9-12-16(19)2)23(31)29-21-17(3)13-11-15-20(21)27/h9-15,18,22H,8H2,1-7H3,(H,28,33)(H,29,31). The van der Waals surface area contributed by atoms with Gasteiger partial charge in [0.1, 0.15) is 17.7 Å². The quantitative estimate of drug-likeness (QED) is 0.547. The highest BCUT2D eigenvalue weighted by Gasteiger charge is 2.35. The van der Waals surface area contributed by atoms with E-state index in [-0.39, 0.29) is 6.54 Å². The summed E-state index contributed by atoms with van der Waals surface area (Å²) in [5.41, 5.74) is 2.14. The molecule has 0 bridgehead atoms. The number of para-hydroxylation sites is 1. The van der Waals surface area contributed by atoms with E-state index in [2.05, 4.69) is 10.6 Å². The summed E-state index contributed by atoms with van der Waals surface area (Å²) in [6.45, 7) is 12.6. The van der Waals surface area contributed by atoms with E-state index in [1.165, 1.54) is 4.90 Å². The molecule has 0 fully saturated rings. The van der Waals surface area contributed by atoms with Crippen LogP contribution in [0.4, 0.5) is 10.5 Å². The molecule has 2 N–H and O–H groups in total. The number of likely N-dealkylation sites (N-methyl/N-ethyl adjacent to an activating group) is 1. The number of ether oxygens (including phenoxy) is 1. The second kappa shape index (κ2) is 11.4. The molecule has 7 nitrogen and oxygen atoms in total. The van der Waals surface area contributed by atoms with Crippen LogP contribution < -0.4 is 10.6 Å². The Hall–Kier alpha value is -3.06. The summed E-state index contributed by atoms with van der Waals surface area (Å²) in [6, 6.07) is 10.9. The first-order valence-electron chi connectivity index (χ1n) is 11.3. The van der Waals surface area contributed by atoms with E-state index < -0.39 is 35.6 Å². The van der Waals surface area contributed by atoms with Crippen molar-refractivity contribution in [2.75, 3.05) is 11.9 Å². The van der Waals surface area contributed by atoms with Crippen LogP contribution in [-0.2, 0) is 14.3 Å². The number of amides is 3. The number of alkyl carbamates (subject to hydrolysis) is 1. The van der Waals surface area contributed by atoms with Crippen LogP contribution in [0.25, 0.3) is 0 Å². The maximum Gasteiger partial charge on any atom is 0.408 e. The van der Waals surface area contributed by atoms with Crippen LogP contribution in [0.2, 0.25) is 5.02 Å². The van der Waals surface area contributed by atoms with Gasteiger partial charge < -0.3 is 20.3 Å². The Balaban J connectivity index is 2.40. The minimum atomic E-state index is -0.933. The number of halogens is 1. The number of hydrogen-bond donors (Lipinski definition) is 2. The molecule has 2 aromatic rings. The average molecular weight is 488 g/mol. The van der Waals surface area contributed by atoms with E-state index >= 15 is 0 Å². The largest absolute Gasteiger partial charge is 0.444 e. The van der Waals surface area contributed by atoms with Crippen molar-refractivity contribution in [3.05, 3.63) is 64.2 Å². The van der Waals surface area contributed by atoms with Crippen molar-refractivity contribution < 1.29 is 19.1 Å². The maximum atomic E-state index is 13.6. The van der Waals surface area contributed by atoms with Crippen LogP contribution in [0.5, 0.6) is 0 Å². The van der Waals surface area contributed by atoms with Crippen LogP contribution in [0.15, 0.2) is 42.5 Å². The molecule has 0 radical (unpaired) electrons. The van der Waals surface area contributed by atoms with E-state index in [1.54, 1.807) is 46.8 Å². The van der Waals surface area contributed by atoms with Crippen molar-refractivity contribution >= 4 is 35.2 Å². The summed E-state index contributed by atoms with van der Waals surface area (Å²) in [6.07, 6.45) is -0.701. The Bertz CT molecular complexity index is 1030. The zero-order chi connectivity index (χ0) is 25.6. The predicted molar refractivity (Wildman–Crippen MR) is 135 cm³/mol. The Morgan fingerprint density at radius 3 is 2.21 bits per heavy atom. The molecule has 34 heavy (non-hydrogen) atoms. The summed E-state index contributed by atoms with van der Waals surface area (Å²) < 4.78 is 5.27. The predicted octanol–water partition coefficient (Wildman–Crippen LogP) is 5.40. The molecule has 0 aliphatic heterocycles. The number of rotatable bonds is 7. The van der Waals surface area contributed by atoms with Gasteiger partial charge >= 0.3 is 6.09 Å². The zero-order valence-corrected chi connectivity index (χ0v) is 21.6. The van der Waals surface area contributed by atoms with Crippen molar-refractivity contribution in [3.63, 3.8) is 0 Å². The van der Waals surface area contributed by atoms with Gasteiger partial charge in [0, 0.05) is 6.54 Å². The number of hydrogen-bond acceptors (Lipinski definition) is 4. The SMILES string of the molecule is CCN(C(=O)C(C)NC(=O)OC(C)(C)C)C(C(=O)Nc1c(C)cccc1Cl)c1ccccc1C. The molecule has 8 heteroatoms. The Morgan fingerprint density at radius 1 is 1.03 bits per heavy atom. The van der Waals surface area contributed by atoms with E-state index in [1.807, 2.05) is 44.2 Å². The summed E-state index contributed by atoms with van der Waals surface area (Å²) in [4.78, 5) is 40.8. The molecule has 0 aliphatic rings. The van der Waals surface area contributed by atoms with Gasteiger partial charge in [0.05, 0.1) is 10.7 Å². The molecule has 0 heterocycles. The Morgan fingerprint density at radius 2 is 1.65 bits per heavy atom. The van der Waals surface area contributed by atoms with E-state index in [4.69, 9.17) is 16.3 Å². The van der Waals surface area contributed by atoms with Gasteiger partial charge in [-0.05, 0) is 71.2 Å². The van der Waals surface area contributed by atoms with Crippen LogP contribution in [-0.4, -0.2) is 41.0 Å². The molecular weight excluding hydrogens is 454 g/mol. The smallest absolute Gasteiger partial charge is 0.408 e. The normalized spacial score (nSPS) is 12.9.